The van der Waals surface area contributed by atoms with Gasteiger partial charge in [-0.15, -0.1) is 0 Å². The molecule has 3 N–H and O–H groups in total. The molecule has 2 aromatic carbocycles. The Morgan fingerprint density at radius 3 is 2.53 bits per heavy atom. The molecule has 8 heteroatoms. The Bertz CT molecular complexity index is 1300. The average Bonchev–Trinajstić information content (AvgIpc) is 3.34. The van der Waals surface area contributed by atoms with Gasteiger partial charge in [0.25, 0.3) is 0 Å². The number of carbonyl (C=O) groups excluding carboxylic acids is 2. The SMILES string of the molecule is C[C@@H](NC(=O)[C@H](Cc1cn(C)c2ccccc12)NC(=O)OC(C)(C)C)c1nc2ccccc2[nH]1. The van der Waals surface area contributed by atoms with E-state index in [4.69, 9.17) is 4.74 Å². The number of rotatable bonds is 6. The Balaban J connectivity index is 1.57. The van der Waals surface area contributed by atoms with Crippen LogP contribution in [-0.2, 0) is 23.0 Å². The van der Waals surface area contributed by atoms with Crippen LogP contribution in [-0.4, -0.2) is 38.2 Å². The van der Waals surface area contributed by atoms with Gasteiger partial charge in [0.15, 0.2) is 0 Å². The van der Waals surface area contributed by atoms with Gasteiger partial charge in [-0.2, -0.15) is 0 Å². The Morgan fingerprint density at radius 1 is 1.09 bits per heavy atom. The summed E-state index contributed by atoms with van der Waals surface area (Å²) in [6.45, 7) is 7.22. The molecule has 0 radical (unpaired) electrons. The van der Waals surface area contributed by atoms with E-state index >= 15 is 0 Å². The molecule has 0 aliphatic heterocycles. The highest BCUT2D eigenvalue weighted by Crippen LogP contribution is 2.22. The molecule has 178 valence electrons. The Kier molecular flexibility index (Phi) is 6.32. The maximum Gasteiger partial charge on any atom is 0.408 e. The Hall–Kier alpha value is -3.81. The van der Waals surface area contributed by atoms with E-state index in [0.717, 1.165) is 27.5 Å². The zero-order valence-electron chi connectivity index (χ0n) is 20.2. The monoisotopic (exact) mass is 461 g/mol. The van der Waals surface area contributed by atoms with Crippen LogP contribution in [0.1, 0.15) is 45.1 Å². The van der Waals surface area contributed by atoms with Crippen LogP contribution in [0.25, 0.3) is 21.9 Å². The number of H-pyrrole nitrogens is 1. The summed E-state index contributed by atoms with van der Waals surface area (Å²) in [6.07, 6.45) is 1.67. The standard InChI is InChI=1S/C26H31N5O3/c1-16(23-28-19-11-7-8-12-20(19)29-23)27-24(32)21(30-25(33)34-26(2,3)4)14-17-15-31(5)22-13-9-6-10-18(17)22/h6-13,15-16,21H,14H2,1-5H3,(H,27,32)(H,28,29)(H,30,33)/t16-,21+/m1/s1. The third kappa shape index (κ3) is 5.22. The molecular weight excluding hydrogens is 430 g/mol. The van der Waals surface area contributed by atoms with E-state index in [1.165, 1.54) is 0 Å². The van der Waals surface area contributed by atoms with Crippen molar-refractivity contribution in [2.45, 2.75) is 51.8 Å². The molecule has 8 nitrogen and oxygen atoms in total. The molecule has 4 rings (SSSR count). The van der Waals surface area contributed by atoms with Crippen molar-refractivity contribution in [3.05, 3.63) is 66.1 Å². The lowest BCUT2D eigenvalue weighted by atomic mass is 10.0. The molecule has 0 fully saturated rings. The van der Waals surface area contributed by atoms with E-state index in [0.29, 0.717) is 12.2 Å². The summed E-state index contributed by atoms with van der Waals surface area (Å²) in [6, 6.07) is 14.5. The van der Waals surface area contributed by atoms with Gasteiger partial charge in [0.1, 0.15) is 17.5 Å². The van der Waals surface area contributed by atoms with Gasteiger partial charge in [-0.05, 0) is 51.5 Å². The van der Waals surface area contributed by atoms with Crippen molar-refractivity contribution in [3.63, 3.8) is 0 Å². The third-order valence-electron chi connectivity index (χ3n) is 5.59. The number of aryl methyl sites for hydroxylation is 1. The topological polar surface area (TPSA) is 101 Å². The smallest absolute Gasteiger partial charge is 0.408 e. The minimum absolute atomic E-state index is 0.313. The Labute approximate surface area is 198 Å². The lowest BCUT2D eigenvalue weighted by Crippen LogP contribution is -2.49. The van der Waals surface area contributed by atoms with Gasteiger partial charge in [0.05, 0.1) is 17.1 Å². The fourth-order valence-corrected chi connectivity index (χ4v) is 4.03. The van der Waals surface area contributed by atoms with Crippen LogP contribution in [0.15, 0.2) is 54.7 Å². The summed E-state index contributed by atoms with van der Waals surface area (Å²) in [4.78, 5) is 33.8. The van der Waals surface area contributed by atoms with Crippen molar-refractivity contribution >= 4 is 33.9 Å². The first kappa shape index (κ1) is 23.4. The summed E-state index contributed by atoms with van der Waals surface area (Å²) < 4.78 is 7.44. The average molecular weight is 462 g/mol. The quantitative estimate of drug-likeness (QED) is 0.397. The second-order valence-electron chi connectivity index (χ2n) is 9.55. The van der Waals surface area contributed by atoms with E-state index in [9.17, 15) is 9.59 Å². The number of aromatic amines is 1. The van der Waals surface area contributed by atoms with Gasteiger partial charge in [0.2, 0.25) is 5.91 Å². The zero-order valence-corrected chi connectivity index (χ0v) is 20.2. The molecule has 4 aromatic rings. The second-order valence-corrected chi connectivity index (χ2v) is 9.55. The van der Waals surface area contributed by atoms with Crippen molar-refractivity contribution < 1.29 is 14.3 Å². The summed E-state index contributed by atoms with van der Waals surface area (Å²) >= 11 is 0. The van der Waals surface area contributed by atoms with Crippen LogP contribution in [0.5, 0.6) is 0 Å². The van der Waals surface area contributed by atoms with E-state index in [1.807, 2.05) is 73.3 Å². The van der Waals surface area contributed by atoms with Crippen LogP contribution in [0.3, 0.4) is 0 Å². The van der Waals surface area contributed by atoms with Crippen LogP contribution in [0.2, 0.25) is 0 Å². The molecule has 0 bridgehead atoms. The first-order valence-electron chi connectivity index (χ1n) is 11.4. The van der Waals surface area contributed by atoms with Crippen LogP contribution in [0, 0.1) is 0 Å². The highest BCUT2D eigenvalue weighted by molar-refractivity contribution is 5.89. The number of alkyl carbamates (subject to hydrolysis) is 1. The van der Waals surface area contributed by atoms with Gasteiger partial charge < -0.3 is 24.9 Å². The van der Waals surface area contributed by atoms with Crippen molar-refractivity contribution in [2.24, 2.45) is 7.05 Å². The number of amides is 2. The van der Waals surface area contributed by atoms with E-state index in [-0.39, 0.29) is 11.9 Å². The summed E-state index contributed by atoms with van der Waals surface area (Å²) in [5.41, 5.74) is 3.08. The molecule has 2 amide bonds. The summed E-state index contributed by atoms with van der Waals surface area (Å²) in [5, 5.41) is 6.80. The van der Waals surface area contributed by atoms with E-state index in [1.54, 1.807) is 20.8 Å². The van der Waals surface area contributed by atoms with Crippen molar-refractivity contribution in [3.8, 4) is 0 Å². The number of nitrogens with one attached hydrogen (secondary N) is 3. The lowest BCUT2D eigenvalue weighted by Gasteiger charge is -2.24. The molecule has 0 unspecified atom stereocenters. The first-order chi connectivity index (χ1) is 16.1. The predicted molar refractivity (Wildman–Crippen MR) is 132 cm³/mol. The maximum absolute atomic E-state index is 13.4. The van der Waals surface area contributed by atoms with Crippen molar-refractivity contribution in [1.29, 1.82) is 0 Å². The fraction of sp³-hybridized carbons (Fsp3) is 0.346. The molecule has 2 heterocycles. The fourth-order valence-electron chi connectivity index (χ4n) is 4.03. The second kappa shape index (κ2) is 9.21. The van der Waals surface area contributed by atoms with Crippen LogP contribution in [0.4, 0.5) is 4.79 Å². The number of para-hydroxylation sites is 3. The van der Waals surface area contributed by atoms with Gasteiger partial charge in [-0.25, -0.2) is 9.78 Å². The maximum atomic E-state index is 13.4. The number of hydrogen-bond acceptors (Lipinski definition) is 4. The summed E-state index contributed by atoms with van der Waals surface area (Å²) in [5.74, 6) is 0.336. The predicted octanol–water partition coefficient (Wildman–Crippen LogP) is 4.37. The highest BCUT2D eigenvalue weighted by atomic mass is 16.6. The molecule has 0 spiro atoms. The molecule has 2 aromatic heterocycles. The number of aromatic nitrogens is 3. The molecular formula is C26H31N5O3. The molecule has 0 saturated carbocycles. The number of imidazole rings is 1. The Morgan fingerprint density at radius 2 is 1.79 bits per heavy atom. The lowest BCUT2D eigenvalue weighted by molar-refractivity contribution is -0.123. The van der Waals surface area contributed by atoms with Crippen LogP contribution >= 0.6 is 0 Å². The van der Waals surface area contributed by atoms with Crippen molar-refractivity contribution in [1.82, 2.24) is 25.2 Å². The third-order valence-corrected chi connectivity index (χ3v) is 5.59. The minimum Gasteiger partial charge on any atom is -0.444 e. The number of hydrogen-bond donors (Lipinski definition) is 3. The zero-order chi connectivity index (χ0) is 24.5. The minimum atomic E-state index is -0.826. The molecule has 0 aliphatic rings. The van der Waals surface area contributed by atoms with E-state index in [2.05, 4.69) is 20.6 Å². The van der Waals surface area contributed by atoms with Crippen LogP contribution < -0.4 is 10.6 Å². The number of fused-ring (bicyclic) bond motifs is 2. The molecule has 0 saturated heterocycles. The number of nitrogens with zero attached hydrogens (tertiary/aromatic N) is 2. The first-order valence-corrected chi connectivity index (χ1v) is 11.4. The molecule has 0 aliphatic carbocycles. The normalized spacial score (nSPS) is 13.6. The summed E-state index contributed by atoms with van der Waals surface area (Å²) in [7, 11) is 1.96. The van der Waals surface area contributed by atoms with Gasteiger partial charge in [-0.1, -0.05) is 30.3 Å². The highest BCUT2D eigenvalue weighted by Gasteiger charge is 2.27. The van der Waals surface area contributed by atoms with Gasteiger partial charge in [0, 0.05) is 30.6 Å². The number of carbonyl (C=O) groups is 2. The van der Waals surface area contributed by atoms with Gasteiger partial charge >= 0.3 is 6.09 Å². The van der Waals surface area contributed by atoms with Gasteiger partial charge in [-0.3, -0.25) is 4.79 Å². The number of ether oxygens (including phenoxy) is 1. The van der Waals surface area contributed by atoms with Crippen molar-refractivity contribution in [2.75, 3.05) is 0 Å². The number of benzene rings is 2. The molecule has 34 heavy (non-hydrogen) atoms. The largest absolute Gasteiger partial charge is 0.444 e. The van der Waals surface area contributed by atoms with E-state index < -0.39 is 17.7 Å². The molecule has 2 atom stereocenters.